The summed E-state index contributed by atoms with van der Waals surface area (Å²) in [5, 5.41) is 19.0. The molecule has 0 aliphatic carbocycles. The predicted octanol–water partition coefficient (Wildman–Crippen LogP) is 8.66. The number of phosphoric acid groups is 1. The average molecular weight is 581 g/mol. The van der Waals surface area contributed by atoms with E-state index in [1.165, 1.54) is 27.9 Å². The average Bonchev–Trinajstić information content (AvgIpc) is 2.84. The fourth-order valence-corrected chi connectivity index (χ4v) is 4.79. The highest BCUT2D eigenvalue weighted by atomic mass is 31.2. The van der Waals surface area contributed by atoms with Crippen LogP contribution in [0.5, 0.6) is 0 Å². The highest BCUT2D eigenvalue weighted by Gasteiger charge is 2.27. The maximum absolute atomic E-state index is 11.2. The Morgan fingerprint density at radius 2 is 1.07 bits per heavy atom. The summed E-state index contributed by atoms with van der Waals surface area (Å²) < 4.78 is 15.9. The van der Waals surface area contributed by atoms with Gasteiger partial charge in [0.1, 0.15) is 12.2 Å². The SMILES string of the molecule is CC(C)=CCC/C(C)=C/CC(C/C=C(\C)CCC=C(C)C)/C(C)=C/CC/C(C)=C/CC(OP(=O)(O)O)C(O)CO. The van der Waals surface area contributed by atoms with Crippen molar-refractivity contribution >= 4 is 7.82 Å². The van der Waals surface area contributed by atoms with Gasteiger partial charge in [-0.05, 0) is 119 Å². The summed E-state index contributed by atoms with van der Waals surface area (Å²) in [5.74, 6) is 0.432. The molecule has 0 aromatic rings. The minimum Gasteiger partial charge on any atom is -0.394 e. The number of rotatable bonds is 20. The van der Waals surface area contributed by atoms with Gasteiger partial charge < -0.3 is 20.0 Å². The molecular weight excluding hydrogens is 523 g/mol. The van der Waals surface area contributed by atoms with Gasteiger partial charge in [0, 0.05) is 0 Å². The maximum atomic E-state index is 11.2. The van der Waals surface area contributed by atoms with Crippen LogP contribution in [-0.4, -0.2) is 38.8 Å². The first kappa shape index (κ1) is 38.5. The van der Waals surface area contributed by atoms with Gasteiger partial charge >= 0.3 is 7.82 Å². The van der Waals surface area contributed by atoms with Gasteiger partial charge in [-0.3, -0.25) is 4.52 Å². The lowest BCUT2D eigenvalue weighted by atomic mass is 9.89. The van der Waals surface area contributed by atoms with Crippen LogP contribution in [0.25, 0.3) is 0 Å². The minimum atomic E-state index is -4.77. The molecule has 0 amide bonds. The topological polar surface area (TPSA) is 107 Å². The van der Waals surface area contributed by atoms with E-state index in [9.17, 15) is 14.8 Å². The second-order valence-corrected chi connectivity index (χ2v) is 12.8. The van der Waals surface area contributed by atoms with Gasteiger partial charge in [0.25, 0.3) is 0 Å². The maximum Gasteiger partial charge on any atom is 0.469 e. The van der Waals surface area contributed by atoms with E-state index in [0.29, 0.717) is 5.92 Å². The summed E-state index contributed by atoms with van der Waals surface area (Å²) in [6.45, 7) is 16.5. The van der Waals surface area contributed by atoms with E-state index in [2.05, 4.69) is 83.4 Å². The number of aliphatic hydroxyl groups is 2. The van der Waals surface area contributed by atoms with Crippen LogP contribution in [0.3, 0.4) is 0 Å². The van der Waals surface area contributed by atoms with E-state index >= 15 is 0 Å². The van der Waals surface area contributed by atoms with Crippen molar-refractivity contribution in [2.75, 3.05) is 6.61 Å². The van der Waals surface area contributed by atoms with Crippen LogP contribution in [0.2, 0.25) is 0 Å². The number of aliphatic hydroxyl groups excluding tert-OH is 2. The molecule has 0 radical (unpaired) electrons. The molecule has 2 atom stereocenters. The Labute approximate surface area is 244 Å². The van der Waals surface area contributed by atoms with Crippen molar-refractivity contribution in [2.24, 2.45) is 5.92 Å². The molecule has 7 heteroatoms. The van der Waals surface area contributed by atoms with Crippen LogP contribution in [0.15, 0.2) is 69.9 Å². The Morgan fingerprint density at radius 1 is 0.675 bits per heavy atom. The van der Waals surface area contributed by atoms with Crippen molar-refractivity contribution in [2.45, 2.75) is 125 Å². The molecule has 0 aliphatic heterocycles. The molecule has 6 nitrogen and oxygen atoms in total. The third-order valence-corrected chi connectivity index (χ3v) is 7.47. The quantitative estimate of drug-likeness (QED) is 0.0848. The van der Waals surface area contributed by atoms with Gasteiger partial charge in [0.2, 0.25) is 0 Å². The van der Waals surface area contributed by atoms with Crippen molar-refractivity contribution in [3.8, 4) is 0 Å². The first-order valence-corrected chi connectivity index (χ1v) is 16.1. The summed E-state index contributed by atoms with van der Waals surface area (Å²) in [5.41, 5.74) is 7.97. The van der Waals surface area contributed by atoms with Crippen molar-refractivity contribution < 1.29 is 29.1 Å². The zero-order valence-corrected chi connectivity index (χ0v) is 27.2. The molecule has 0 rings (SSSR count). The fourth-order valence-electron chi connectivity index (χ4n) is 4.21. The van der Waals surface area contributed by atoms with Crippen LogP contribution in [0.1, 0.15) is 113 Å². The summed E-state index contributed by atoms with van der Waals surface area (Å²) in [6, 6.07) is 0. The number of allylic oxidation sites excluding steroid dienone is 11. The van der Waals surface area contributed by atoms with Crippen molar-refractivity contribution in [3.05, 3.63) is 69.9 Å². The first-order chi connectivity index (χ1) is 18.6. The number of hydrogen-bond donors (Lipinski definition) is 4. The molecule has 230 valence electrons. The molecule has 0 aliphatic rings. The van der Waals surface area contributed by atoms with E-state index in [-0.39, 0.29) is 6.42 Å². The normalized spacial score (nSPS) is 16.0. The van der Waals surface area contributed by atoms with Gasteiger partial charge in [-0.15, -0.1) is 0 Å². The van der Waals surface area contributed by atoms with E-state index in [1.54, 1.807) is 0 Å². The van der Waals surface area contributed by atoms with Crippen molar-refractivity contribution in [1.29, 1.82) is 0 Å². The largest absolute Gasteiger partial charge is 0.469 e. The third kappa shape index (κ3) is 21.2. The standard InChI is InChI=1S/C33H57O6P/c1-25(2)12-9-14-27(5)18-21-31(22-19-28(6)15-10-13-26(3)4)30(8)17-11-16-29(7)20-23-33(32(35)24-34)39-40(36,37)38/h12-13,17-20,31-35H,9-11,14-16,21-24H2,1-8H3,(H2,36,37,38)/b27-18+,28-19+,29-20+,30-17+. The van der Waals surface area contributed by atoms with Crippen LogP contribution >= 0.6 is 7.82 Å². The van der Waals surface area contributed by atoms with E-state index < -0.39 is 26.6 Å². The first-order valence-electron chi connectivity index (χ1n) is 14.6. The van der Waals surface area contributed by atoms with Gasteiger partial charge in [-0.2, -0.15) is 0 Å². The number of phosphoric ester groups is 1. The second kappa shape index (κ2) is 21.2. The zero-order chi connectivity index (χ0) is 30.7. The molecule has 0 saturated heterocycles. The summed E-state index contributed by atoms with van der Waals surface area (Å²) >= 11 is 0. The molecular formula is C33H57O6P. The van der Waals surface area contributed by atoms with Gasteiger partial charge in [-0.25, -0.2) is 4.57 Å². The molecule has 0 aromatic heterocycles. The predicted molar refractivity (Wildman–Crippen MR) is 169 cm³/mol. The lowest BCUT2D eigenvalue weighted by Crippen LogP contribution is -2.31. The van der Waals surface area contributed by atoms with Gasteiger partial charge in [-0.1, -0.05) is 69.9 Å². The van der Waals surface area contributed by atoms with Crippen molar-refractivity contribution in [1.82, 2.24) is 0 Å². The summed E-state index contributed by atoms with van der Waals surface area (Å²) in [7, 11) is -4.77. The molecule has 0 heterocycles. The molecule has 0 fully saturated rings. The summed E-state index contributed by atoms with van der Waals surface area (Å²) in [4.78, 5) is 18.2. The van der Waals surface area contributed by atoms with E-state index in [4.69, 9.17) is 9.79 Å². The highest BCUT2D eigenvalue weighted by Crippen LogP contribution is 2.39. The zero-order valence-electron chi connectivity index (χ0n) is 26.3. The van der Waals surface area contributed by atoms with Crippen LogP contribution in [0, 0.1) is 5.92 Å². The molecule has 0 spiro atoms. The lowest BCUT2D eigenvalue weighted by Gasteiger charge is -2.21. The fraction of sp³-hybridized carbons (Fsp3) is 0.636. The van der Waals surface area contributed by atoms with Crippen LogP contribution in [0.4, 0.5) is 0 Å². The van der Waals surface area contributed by atoms with E-state index in [1.807, 2.05) is 13.0 Å². The lowest BCUT2D eigenvalue weighted by molar-refractivity contribution is -0.0118. The third-order valence-electron chi connectivity index (χ3n) is 6.92. The Morgan fingerprint density at radius 3 is 1.45 bits per heavy atom. The van der Waals surface area contributed by atoms with Crippen LogP contribution < -0.4 is 0 Å². The Hall–Kier alpha value is -1.53. The monoisotopic (exact) mass is 580 g/mol. The molecule has 0 aromatic carbocycles. The number of hydrogen-bond acceptors (Lipinski definition) is 4. The van der Waals surface area contributed by atoms with Crippen LogP contribution in [-0.2, 0) is 9.09 Å². The molecule has 0 bridgehead atoms. The van der Waals surface area contributed by atoms with Gasteiger partial charge in [0.05, 0.1) is 6.61 Å². The minimum absolute atomic E-state index is 0.109. The second-order valence-electron chi connectivity index (χ2n) is 11.6. The smallest absolute Gasteiger partial charge is 0.394 e. The molecule has 2 unspecified atom stereocenters. The molecule has 40 heavy (non-hydrogen) atoms. The van der Waals surface area contributed by atoms with Crippen molar-refractivity contribution in [3.63, 3.8) is 0 Å². The van der Waals surface area contributed by atoms with Gasteiger partial charge in [0.15, 0.2) is 0 Å². The summed E-state index contributed by atoms with van der Waals surface area (Å²) in [6.07, 6.45) is 19.0. The molecule has 0 saturated carbocycles. The van der Waals surface area contributed by atoms with E-state index in [0.717, 1.165) is 56.9 Å². The highest BCUT2D eigenvalue weighted by molar-refractivity contribution is 7.46. The Bertz CT molecular complexity index is 915. The molecule has 4 N–H and O–H groups in total. The Kier molecular flexibility index (Phi) is 20.4. The Balaban J connectivity index is 5.38.